The minimum atomic E-state index is -3.63. The van der Waals surface area contributed by atoms with E-state index in [0.717, 1.165) is 21.1 Å². The molecule has 8 heteroatoms. The summed E-state index contributed by atoms with van der Waals surface area (Å²) in [4.78, 5) is 17.1. The first-order chi connectivity index (χ1) is 15.9. The van der Waals surface area contributed by atoms with Gasteiger partial charge in [0.05, 0.1) is 10.6 Å². The highest BCUT2D eigenvalue weighted by atomic mass is 32.2. The van der Waals surface area contributed by atoms with Crippen LogP contribution in [0.3, 0.4) is 0 Å². The minimum Gasteiger partial charge on any atom is -0.289 e. The van der Waals surface area contributed by atoms with E-state index in [4.69, 9.17) is 5.10 Å². The summed E-state index contributed by atoms with van der Waals surface area (Å²) in [5.74, 6) is -0.310. The Bertz CT molecular complexity index is 1410. The van der Waals surface area contributed by atoms with Crippen molar-refractivity contribution in [3.8, 4) is 16.9 Å². The predicted molar refractivity (Wildman–Crippen MR) is 127 cm³/mol. The van der Waals surface area contributed by atoms with Gasteiger partial charge < -0.3 is 0 Å². The van der Waals surface area contributed by atoms with Gasteiger partial charge >= 0.3 is 0 Å². The Morgan fingerprint density at radius 3 is 2.48 bits per heavy atom. The van der Waals surface area contributed by atoms with Crippen LogP contribution in [0.15, 0.2) is 96.3 Å². The van der Waals surface area contributed by atoms with Gasteiger partial charge in [-0.2, -0.15) is 5.10 Å². The summed E-state index contributed by atoms with van der Waals surface area (Å²) in [6.45, 7) is 0. The Kier molecular flexibility index (Phi) is 6.30. The molecule has 0 radical (unpaired) electrons. The molecule has 4 aromatic rings. The van der Waals surface area contributed by atoms with Crippen LogP contribution in [-0.2, 0) is 10.0 Å². The third kappa shape index (κ3) is 4.82. The molecule has 0 spiro atoms. The first-order valence-electron chi connectivity index (χ1n) is 10.2. The average molecular weight is 459 g/mol. The minimum absolute atomic E-state index is 0.0692. The summed E-state index contributed by atoms with van der Waals surface area (Å²) in [6.07, 6.45) is 8.35. The van der Waals surface area contributed by atoms with Gasteiger partial charge in [0.15, 0.2) is 5.78 Å². The summed E-state index contributed by atoms with van der Waals surface area (Å²) in [6, 6.07) is 19.4. The molecule has 0 aliphatic rings. The molecule has 4 rings (SSSR count). The molecular formula is C25H22N4O3S. The monoisotopic (exact) mass is 458 g/mol. The molecule has 33 heavy (non-hydrogen) atoms. The number of benzene rings is 2. The highest BCUT2D eigenvalue weighted by Gasteiger charge is 2.18. The summed E-state index contributed by atoms with van der Waals surface area (Å²) in [7, 11) is -0.728. The number of pyridine rings is 1. The summed E-state index contributed by atoms with van der Waals surface area (Å²) in [5.41, 5.74) is 3.40. The van der Waals surface area contributed by atoms with Crippen molar-refractivity contribution in [3.63, 3.8) is 0 Å². The molecule has 166 valence electrons. The zero-order valence-electron chi connectivity index (χ0n) is 18.2. The van der Waals surface area contributed by atoms with E-state index in [1.54, 1.807) is 35.3 Å². The quantitative estimate of drug-likeness (QED) is 0.308. The molecule has 2 heterocycles. The lowest BCUT2D eigenvalue weighted by molar-refractivity contribution is 0.104. The number of carbonyl (C=O) groups excluding carboxylic acids is 1. The fourth-order valence-corrected chi connectivity index (χ4v) is 4.18. The maximum absolute atomic E-state index is 12.9. The fourth-order valence-electron chi connectivity index (χ4n) is 3.23. The maximum atomic E-state index is 12.9. The van der Waals surface area contributed by atoms with Crippen LogP contribution in [0.4, 0.5) is 0 Å². The van der Waals surface area contributed by atoms with Gasteiger partial charge in [0.2, 0.25) is 10.0 Å². The van der Waals surface area contributed by atoms with E-state index < -0.39 is 10.0 Å². The highest BCUT2D eigenvalue weighted by Crippen LogP contribution is 2.24. The smallest absolute Gasteiger partial charge is 0.242 e. The Hall–Kier alpha value is -3.88. The zero-order chi connectivity index (χ0) is 23.4. The molecular weight excluding hydrogens is 436 g/mol. The Morgan fingerprint density at radius 2 is 1.79 bits per heavy atom. The van der Waals surface area contributed by atoms with Gasteiger partial charge in [-0.25, -0.2) is 17.4 Å². The van der Waals surface area contributed by atoms with Crippen LogP contribution in [0.1, 0.15) is 15.9 Å². The van der Waals surface area contributed by atoms with Gasteiger partial charge in [-0.15, -0.1) is 0 Å². The number of sulfonamides is 1. The zero-order valence-corrected chi connectivity index (χ0v) is 19.0. The molecule has 0 bridgehead atoms. The molecule has 0 atom stereocenters. The number of rotatable bonds is 7. The molecule has 7 nitrogen and oxygen atoms in total. The van der Waals surface area contributed by atoms with E-state index in [0.29, 0.717) is 5.69 Å². The summed E-state index contributed by atoms with van der Waals surface area (Å²) in [5, 5.41) is 4.70. The van der Waals surface area contributed by atoms with Crippen molar-refractivity contribution >= 4 is 21.9 Å². The van der Waals surface area contributed by atoms with Gasteiger partial charge in [-0.1, -0.05) is 30.3 Å². The normalized spacial score (nSPS) is 11.8. The lowest BCUT2D eigenvalue weighted by Gasteiger charge is -2.11. The number of ketones is 1. The van der Waals surface area contributed by atoms with Gasteiger partial charge in [-0.3, -0.25) is 9.78 Å². The molecule has 0 fully saturated rings. The van der Waals surface area contributed by atoms with E-state index in [1.165, 1.54) is 32.3 Å². The van der Waals surface area contributed by atoms with Crippen LogP contribution in [0.5, 0.6) is 0 Å². The Morgan fingerprint density at radius 1 is 1.00 bits per heavy atom. The summed E-state index contributed by atoms with van der Waals surface area (Å²) < 4.78 is 27.7. The van der Waals surface area contributed by atoms with Crippen LogP contribution in [0.2, 0.25) is 0 Å². The van der Waals surface area contributed by atoms with Crippen LogP contribution in [-0.4, -0.2) is 47.4 Å². The first-order valence-corrected chi connectivity index (χ1v) is 11.6. The third-order valence-corrected chi connectivity index (χ3v) is 6.82. The van der Waals surface area contributed by atoms with Crippen molar-refractivity contribution in [2.75, 3.05) is 14.1 Å². The highest BCUT2D eigenvalue weighted by molar-refractivity contribution is 7.89. The fraction of sp³-hybridized carbons (Fsp3) is 0.0800. The molecule has 0 aliphatic heterocycles. The standard InChI is InChI=1S/C25H22N4O3S/c1-28(2)33(31,32)23-12-6-8-19(16-23)24(30)14-13-21-18-29(22-10-4-3-5-11-22)27-25(21)20-9-7-15-26-17-20/h3-18H,1-2H3. The van der Waals surface area contributed by atoms with Crippen LogP contribution in [0, 0.1) is 0 Å². The largest absolute Gasteiger partial charge is 0.289 e. The molecule has 0 N–H and O–H groups in total. The van der Waals surface area contributed by atoms with Gasteiger partial charge in [0, 0.05) is 49.4 Å². The lowest BCUT2D eigenvalue weighted by Crippen LogP contribution is -2.22. The number of para-hydroxylation sites is 1. The average Bonchev–Trinajstić information content (AvgIpc) is 3.28. The van der Waals surface area contributed by atoms with E-state index in [2.05, 4.69) is 4.98 Å². The molecule has 0 amide bonds. The lowest BCUT2D eigenvalue weighted by atomic mass is 10.1. The van der Waals surface area contributed by atoms with E-state index in [1.807, 2.05) is 48.7 Å². The van der Waals surface area contributed by atoms with Crippen LogP contribution in [0.25, 0.3) is 23.0 Å². The second kappa shape index (κ2) is 9.32. The van der Waals surface area contributed by atoms with Crippen molar-refractivity contribution < 1.29 is 13.2 Å². The van der Waals surface area contributed by atoms with Crippen molar-refractivity contribution in [2.45, 2.75) is 4.90 Å². The van der Waals surface area contributed by atoms with Gasteiger partial charge in [0.1, 0.15) is 5.69 Å². The first kappa shape index (κ1) is 22.3. The third-order valence-electron chi connectivity index (χ3n) is 5.01. The Balaban J connectivity index is 1.70. The topological polar surface area (TPSA) is 85.2 Å². The number of aromatic nitrogens is 3. The SMILES string of the molecule is CN(C)S(=O)(=O)c1cccc(C(=O)C=Cc2cn(-c3ccccc3)nc2-c2cccnc2)c1. The van der Waals surface area contributed by atoms with Crippen molar-refractivity contribution in [3.05, 3.63) is 103 Å². The van der Waals surface area contributed by atoms with Crippen LogP contribution < -0.4 is 0 Å². The van der Waals surface area contributed by atoms with E-state index in [-0.39, 0.29) is 16.2 Å². The Labute approximate surface area is 192 Å². The van der Waals surface area contributed by atoms with E-state index in [9.17, 15) is 13.2 Å². The molecule has 0 unspecified atom stereocenters. The molecule has 0 aliphatic carbocycles. The summed E-state index contributed by atoms with van der Waals surface area (Å²) >= 11 is 0. The van der Waals surface area contributed by atoms with Crippen molar-refractivity contribution in [1.82, 2.24) is 19.1 Å². The van der Waals surface area contributed by atoms with Crippen molar-refractivity contribution in [1.29, 1.82) is 0 Å². The van der Waals surface area contributed by atoms with Crippen molar-refractivity contribution in [2.24, 2.45) is 0 Å². The number of nitrogens with zero attached hydrogens (tertiary/aromatic N) is 4. The second-order valence-electron chi connectivity index (χ2n) is 7.47. The van der Waals surface area contributed by atoms with Crippen LogP contribution >= 0.6 is 0 Å². The molecule has 0 saturated heterocycles. The van der Waals surface area contributed by atoms with Gasteiger partial charge in [0.25, 0.3) is 0 Å². The number of hydrogen-bond acceptors (Lipinski definition) is 5. The second-order valence-corrected chi connectivity index (χ2v) is 9.62. The van der Waals surface area contributed by atoms with E-state index >= 15 is 0 Å². The van der Waals surface area contributed by atoms with Gasteiger partial charge in [-0.05, 0) is 48.6 Å². The number of allylic oxidation sites excluding steroid dienone is 1. The number of hydrogen-bond donors (Lipinski definition) is 0. The predicted octanol–water partition coefficient (Wildman–Crippen LogP) is 4.08. The maximum Gasteiger partial charge on any atom is 0.242 e. The molecule has 0 saturated carbocycles. The number of carbonyl (C=O) groups is 1. The molecule has 2 aromatic carbocycles. The molecule has 2 aromatic heterocycles.